The van der Waals surface area contributed by atoms with E-state index in [2.05, 4.69) is 26.1 Å². The van der Waals surface area contributed by atoms with Crippen LogP contribution >= 0.6 is 0 Å². The second kappa shape index (κ2) is 10.8. The molecule has 1 aliphatic heterocycles. The normalized spacial score (nSPS) is 10.2. The summed E-state index contributed by atoms with van der Waals surface area (Å²) in [6.45, 7) is 8.63. The van der Waals surface area contributed by atoms with Crippen LogP contribution in [-0.2, 0) is 39.3 Å². The van der Waals surface area contributed by atoms with Crippen LogP contribution in [0.5, 0.6) is 0 Å². The molecule has 20 heavy (non-hydrogen) atoms. The van der Waals surface area contributed by atoms with Gasteiger partial charge in [0.2, 0.25) is 0 Å². The summed E-state index contributed by atoms with van der Waals surface area (Å²) in [5.41, 5.74) is 2.73. The molecule has 2 aromatic heterocycles. The van der Waals surface area contributed by atoms with Crippen molar-refractivity contribution < 1.29 is 32.7 Å². The van der Waals surface area contributed by atoms with Crippen molar-refractivity contribution in [1.82, 2.24) is 15.0 Å². The number of rotatable bonds is 1. The van der Waals surface area contributed by atoms with Crippen LogP contribution < -0.4 is 0 Å². The second-order valence-corrected chi connectivity index (χ2v) is 3.23. The maximum Gasteiger partial charge on any atom is 0.0755 e. The molecule has 3 rings (SSSR count). The Morgan fingerprint density at radius 3 is 2.55 bits per heavy atom. The van der Waals surface area contributed by atoms with Crippen LogP contribution in [0.1, 0.15) is 39.0 Å². The maximum atomic E-state index is 4.42. The fourth-order valence-electron chi connectivity index (χ4n) is 1.46. The van der Waals surface area contributed by atoms with E-state index in [9.17, 15) is 0 Å². The monoisotopic (exact) mass is 344 g/mol. The molecule has 0 unspecified atom stereocenters. The first-order chi connectivity index (χ1) is 9.43. The van der Waals surface area contributed by atoms with Crippen molar-refractivity contribution in [2.75, 3.05) is 0 Å². The Bertz CT molecular complexity index is 527. The average Bonchev–Trinajstić information content (AvgIpc) is 2.99. The summed E-state index contributed by atoms with van der Waals surface area (Å²) in [4.78, 5) is 16.7. The molecule has 0 bridgehead atoms. The molecule has 3 heterocycles. The third-order valence-electron chi connectivity index (χ3n) is 2.22. The predicted molar refractivity (Wildman–Crippen MR) is 78.1 cm³/mol. The van der Waals surface area contributed by atoms with Crippen molar-refractivity contribution in [3.8, 4) is 11.4 Å². The van der Waals surface area contributed by atoms with E-state index in [0.717, 1.165) is 16.8 Å². The van der Waals surface area contributed by atoms with Gasteiger partial charge in [0.25, 0.3) is 0 Å². The van der Waals surface area contributed by atoms with Gasteiger partial charge in [0.1, 0.15) is 0 Å². The Morgan fingerprint density at radius 2 is 1.90 bits per heavy atom. The van der Waals surface area contributed by atoms with Crippen LogP contribution in [0, 0.1) is 6.20 Å². The summed E-state index contributed by atoms with van der Waals surface area (Å²) >= 11 is 0. The van der Waals surface area contributed by atoms with Crippen molar-refractivity contribution in [1.29, 1.82) is 0 Å². The van der Waals surface area contributed by atoms with E-state index in [1.54, 1.807) is 18.6 Å². The fraction of sp³-hybridized carbons (Fsp3) is 0.333. The molecule has 0 aromatic carbocycles. The third-order valence-corrected chi connectivity index (χ3v) is 2.22. The Hall–Kier alpha value is -0.996. The van der Waals surface area contributed by atoms with Gasteiger partial charge in [0.05, 0.1) is 5.82 Å². The first-order valence-electron chi connectivity index (χ1n) is 6.62. The average molecular weight is 344 g/mol. The van der Waals surface area contributed by atoms with Crippen LogP contribution in [0.25, 0.3) is 11.4 Å². The Labute approximate surface area is 146 Å². The quantitative estimate of drug-likeness (QED) is 0.746. The van der Waals surface area contributed by atoms with Crippen molar-refractivity contribution in [3.63, 3.8) is 0 Å². The van der Waals surface area contributed by atoms with Gasteiger partial charge in [-0.25, -0.2) is 0 Å². The standard InChI is InChI=1S/C11H7N4.2C2H6.Y/c1-2-8(4-12-3-1)11-14-6-9-5-13-7-10(9)15-11;2*1-2;/h1-5H,7H2;2*1-2H3;/q-1;;;. The van der Waals surface area contributed by atoms with Crippen molar-refractivity contribution in [2.24, 2.45) is 4.99 Å². The predicted octanol–water partition coefficient (Wildman–Crippen LogP) is 3.32. The molecule has 0 fully saturated rings. The minimum Gasteiger partial charge on any atom is -0.344 e. The van der Waals surface area contributed by atoms with Crippen LogP contribution in [-0.4, -0.2) is 21.2 Å². The number of nitrogens with zero attached hydrogens (tertiary/aromatic N) is 4. The van der Waals surface area contributed by atoms with E-state index in [-0.39, 0.29) is 32.7 Å². The Morgan fingerprint density at radius 1 is 1.15 bits per heavy atom. The van der Waals surface area contributed by atoms with E-state index < -0.39 is 0 Å². The summed E-state index contributed by atoms with van der Waals surface area (Å²) < 4.78 is 0. The van der Waals surface area contributed by atoms with Gasteiger partial charge in [0, 0.05) is 51.6 Å². The molecule has 0 aliphatic carbocycles. The van der Waals surface area contributed by atoms with Crippen molar-refractivity contribution in [2.45, 2.75) is 34.2 Å². The van der Waals surface area contributed by atoms with Gasteiger partial charge in [-0.15, -0.1) is 0 Å². The topological polar surface area (TPSA) is 51.0 Å². The molecule has 0 saturated carbocycles. The Kier molecular flexibility index (Phi) is 10.2. The van der Waals surface area contributed by atoms with Gasteiger partial charge in [-0.2, -0.15) is 0 Å². The smallest absolute Gasteiger partial charge is 0.0755 e. The number of hydrogen-bond acceptors (Lipinski definition) is 4. The first-order valence-corrected chi connectivity index (χ1v) is 6.62. The van der Waals surface area contributed by atoms with E-state index in [1.165, 1.54) is 0 Å². The molecule has 2 aromatic rings. The molecule has 1 aliphatic rings. The van der Waals surface area contributed by atoms with Gasteiger partial charge in [0.15, 0.2) is 0 Å². The minimum atomic E-state index is 0. The molecule has 0 spiro atoms. The van der Waals surface area contributed by atoms with E-state index >= 15 is 0 Å². The minimum absolute atomic E-state index is 0. The summed E-state index contributed by atoms with van der Waals surface area (Å²) in [6.07, 6.45) is 8.15. The molecule has 103 valence electrons. The van der Waals surface area contributed by atoms with Gasteiger partial charge in [-0.05, 0) is 23.5 Å². The Balaban J connectivity index is 0.000000667. The van der Waals surface area contributed by atoms with Crippen molar-refractivity contribution in [3.05, 3.63) is 42.0 Å². The molecule has 0 amide bonds. The first kappa shape index (κ1) is 19.0. The van der Waals surface area contributed by atoms with Gasteiger partial charge >= 0.3 is 0 Å². The number of fused-ring (bicyclic) bond motifs is 1. The van der Waals surface area contributed by atoms with Crippen LogP contribution in [0.2, 0.25) is 0 Å². The van der Waals surface area contributed by atoms with Crippen molar-refractivity contribution >= 4 is 6.21 Å². The molecule has 0 N–H and O–H groups in total. The SMILES string of the molecule is CC.CC.[Y].[c-]1nc(-c2cccnc2)nc2c1C=NC2. The zero-order valence-corrected chi connectivity index (χ0v) is 15.3. The number of hydrogen-bond donors (Lipinski definition) is 0. The molecule has 5 heteroatoms. The third kappa shape index (κ3) is 4.84. The van der Waals surface area contributed by atoms with E-state index in [1.807, 2.05) is 39.8 Å². The molecule has 0 saturated heterocycles. The fourth-order valence-corrected chi connectivity index (χ4v) is 1.46. The molecule has 0 atom stereocenters. The van der Waals surface area contributed by atoms with Crippen LogP contribution in [0.3, 0.4) is 0 Å². The largest absolute Gasteiger partial charge is 0.344 e. The van der Waals surface area contributed by atoms with Gasteiger partial charge in [-0.1, -0.05) is 45.5 Å². The maximum absolute atomic E-state index is 4.42. The summed E-state index contributed by atoms with van der Waals surface area (Å²) in [6, 6.07) is 3.79. The molecular formula is C15H19N4Y-. The summed E-state index contributed by atoms with van der Waals surface area (Å²) in [7, 11) is 0. The molecular weight excluding hydrogens is 325 g/mol. The van der Waals surface area contributed by atoms with E-state index in [4.69, 9.17) is 0 Å². The zero-order valence-electron chi connectivity index (χ0n) is 12.5. The van der Waals surface area contributed by atoms with Gasteiger partial charge in [-0.3, -0.25) is 4.98 Å². The number of aliphatic imine (C=N–C) groups is 1. The second-order valence-electron chi connectivity index (χ2n) is 3.23. The zero-order chi connectivity index (χ0) is 14.1. The molecule has 4 nitrogen and oxygen atoms in total. The number of pyridine rings is 1. The van der Waals surface area contributed by atoms with E-state index in [0.29, 0.717) is 12.4 Å². The summed E-state index contributed by atoms with van der Waals surface area (Å²) in [5.74, 6) is 0.660. The number of aromatic nitrogens is 3. The van der Waals surface area contributed by atoms with Crippen LogP contribution in [0.15, 0.2) is 29.5 Å². The van der Waals surface area contributed by atoms with Crippen LogP contribution in [0.4, 0.5) is 0 Å². The molecule has 1 radical (unpaired) electrons. The van der Waals surface area contributed by atoms with Gasteiger partial charge < -0.3 is 15.0 Å². The summed E-state index contributed by atoms with van der Waals surface area (Å²) in [5, 5.41) is 0.